The minimum atomic E-state index is 0.0281. The molecule has 80 valence electrons. The fourth-order valence-corrected chi connectivity index (χ4v) is 1.76. The Kier molecular flexibility index (Phi) is 2.63. The molecule has 0 aliphatic carbocycles. The zero-order valence-electron chi connectivity index (χ0n) is 8.58. The monoisotopic (exact) mass is 224 g/mol. The highest BCUT2D eigenvalue weighted by atomic mass is 32.1. The van der Waals surface area contributed by atoms with E-state index in [4.69, 9.17) is 12.2 Å². The van der Waals surface area contributed by atoms with Gasteiger partial charge >= 0.3 is 0 Å². The molecule has 1 N–H and O–H groups in total. The van der Waals surface area contributed by atoms with Crippen LogP contribution in [-0.4, -0.2) is 29.5 Å². The summed E-state index contributed by atoms with van der Waals surface area (Å²) in [4.78, 5) is 3.91. The molecule has 0 aliphatic rings. The van der Waals surface area contributed by atoms with Crippen molar-refractivity contribution in [3.8, 4) is 0 Å². The van der Waals surface area contributed by atoms with Crippen molar-refractivity contribution in [3.63, 3.8) is 0 Å². The number of hydrogen-bond acceptors (Lipinski definition) is 4. The van der Waals surface area contributed by atoms with E-state index in [0.717, 1.165) is 12.4 Å². The molecule has 0 spiro atoms. The van der Waals surface area contributed by atoms with Crippen molar-refractivity contribution in [3.05, 3.63) is 23.3 Å². The summed E-state index contributed by atoms with van der Waals surface area (Å²) >= 11 is 5.12. The van der Waals surface area contributed by atoms with Crippen LogP contribution < -0.4 is 0 Å². The third kappa shape index (κ3) is 1.70. The molecular formula is C8H12N6S. The maximum Gasteiger partial charge on any atom is 0.195 e. The van der Waals surface area contributed by atoms with E-state index in [1.54, 1.807) is 11.0 Å². The molecule has 2 heterocycles. The van der Waals surface area contributed by atoms with E-state index in [2.05, 4.69) is 20.3 Å². The predicted molar refractivity (Wildman–Crippen MR) is 56.9 cm³/mol. The minimum absolute atomic E-state index is 0.0281. The van der Waals surface area contributed by atoms with Crippen molar-refractivity contribution < 1.29 is 0 Å². The largest absolute Gasteiger partial charge is 0.303 e. The van der Waals surface area contributed by atoms with Gasteiger partial charge in [-0.1, -0.05) is 0 Å². The van der Waals surface area contributed by atoms with Gasteiger partial charge in [0.1, 0.15) is 18.7 Å². The Morgan fingerprint density at radius 2 is 2.40 bits per heavy atom. The molecule has 15 heavy (non-hydrogen) atoms. The van der Waals surface area contributed by atoms with E-state index in [1.807, 2.05) is 18.4 Å². The Hall–Kier alpha value is -1.50. The van der Waals surface area contributed by atoms with E-state index < -0.39 is 0 Å². The van der Waals surface area contributed by atoms with Gasteiger partial charge in [0.2, 0.25) is 0 Å². The highest BCUT2D eigenvalue weighted by molar-refractivity contribution is 7.71. The van der Waals surface area contributed by atoms with E-state index >= 15 is 0 Å². The summed E-state index contributed by atoms with van der Waals surface area (Å²) in [5.41, 5.74) is 0. The first-order chi connectivity index (χ1) is 7.24. The highest BCUT2D eigenvalue weighted by Gasteiger charge is 2.15. The third-order valence-electron chi connectivity index (χ3n) is 2.31. The summed E-state index contributed by atoms with van der Waals surface area (Å²) in [7, 11) is 0. The van der Waals surface area contributed by atoms with Gasteiger partial charge in [-0.15, -0.1) is 0 Å². The molecular weight excluding hydrogens is 212 g/mol. The number of hydrogen-bond donors (Lipinski definition) is 1. The zero-order chi connectivity index (χ0) is 10.8. The van der Waals surface area contributed by atoms with Crippen molar-refractivity contribution in [2.45, 2.75) is 26.4 Å². The molecule has 0 aromatic carbocycles. The van der Waals surface area contributed by atoms with Gasteiger partial charge in [0, 0.05) is 6.54 Å². The summed E-state index contributed by atoms with van der Waals surface area (Å²) in [6.07, 6.45) is 3.18. The molecule has 0 saturated carbocycles. The van der Waals surface area contributed by atoms with Crippen LogP contribution >= 0.6 is 12.2 Å². The molecule has 0 aliphatic heterocycles. The molecule has 0 amide bonds. The molecule has 2 aromatic rings. The lowest BCUT2D eigenvalue weighted by Crippen LogP contribution is -2.13. The number of H-pyrrole nitrogens is 1. The fourth-order valence-electron chi connectivity index (χ4n) is 1.49. The fraction of sp³-hybridized carbons (Fsp3) is 0.500. The average molecular weight is 224 g/mol. The predicted octanol–water partition coefficient (Wildman–Crippen LogP) is 1.16. The van der Waals surface area contributed by atoms with Gasteiger partial charge in [-0.05, 0) is 26.1 Å². The van der Waals surface area contributed by atoms with E-state index in [-0.39, 0.29) is 6.04 Å². The van der Waals surface area contributed by atoms with Crippen LogP contribution in [0.5, 0.6) is 0 Å². The van der Waals surface area contributed by atoms with Crippen LogP contribution in [0.25, 0.3) is 0 Å². The Balaban J connectivity index is 2.41. The second-order valence-corrected chi connectivity index (χ2v) is 3.57. The first-order valence-corrected chi connectivity index (χ1v) is 5.14. The molecule has 1 unspecified atom stereocenters. The van der Waals surface area contributed by atoms with Gasteiger partial charge in [-0.25, -0.2) is 9.67 Å². The quantitative estimate of drug-likeness (QED) is 0.795. The molecule has 6 nitrogen and oxygen atoms in total. The normalized spacial score (nSPS) is 12.9. The van der Waals surface area contributed by atoms with Gasteiger partial charge in [-0.3, -0.25) is 5.10 Å². The maximum absolute atomic E-state index is 5.12. The van der Waals surface area contributed by atoms with Crippen LogP contribution in [0.2, 0.25) is 0 Å². The van der Waals surface area contributed by atoms with Crippen LogP contribution in [0, 0.1) is 4.77 Å². The number of nitrogens with zero attached hydrogens (tertiary/aromatic N) is 5. The summed E-state index contributed by atoms with van der Waals surface area (Å²) in [6.45, 7) is 4.83. The van der Waals surface area contributed by atoms with Crippen LogP contribution in [0.3, 0.4) is 0 Å². The van der Waals surface area contributed by atoms with E-state index in [1.165, 1.54) is 6.33 Å². The third-order valence-corrected chi connectivity index (χ3v) is 2.62. The van der Waals surface area contributed by atoms with Crippen LogP contribution in [0.15, 0.2) is 12.7 Å². The highest BCUT2D eigenvalue weighted by Crippen LogP contribution is 2.13. The molecule has 2 rings (SSSR count). The Labute approximate surface area is 92.0 Å². The van der Waals surface area contributed by atoms with Gasteiger partial charge in [0.15, 0.2) is 10.6 Å². The van der Waals surface area contributed by atoms with Crippen LogP contribution in [-0.2, 0) is 6.54 Å². The van der Waals surface area contributed by atoms with Crippen LogP contribution in [0.1, 0.15) is 25.7 Å². The van der Waals surface area contributed by atoms with Crippen molar-refractivity contribution >= 4 is 12.2 Å². The lowest BCUT2D eigenvalue weighted by atomic mass is 10.3. The van der Waals surface area contributed by atoms with Crippen LogP contribution in [0.4, 0.5) is 0 Å². The summed E-state index contributed by atoms with van der Waals surface area (Å²) < 4.78 is 4.33. The van der Waals surface area contributed by atoms with Crippen molar-refractivity contribution in [1.29, 1.82) is 0 Å². The standard InChI is InChI=1S/C8H12N6S/c1-3-13-7(11-12-8(13)15)6(2)14-5-9-4-10-14/h4-6H,3H2,1-2H3,(H,12,15). The second-order valence-electron chi connectivity index (χ2n) is 3.18. The first-order valence-electron chi connectivity index (χ1n) is 4.73. The number of aromatic nitrogens is 6. The molecule has 2 aromatic heterocycles. The summed E-state index contributed by atoms with van der Waals surface area (Å²) in [6, 6.07) is 0.0281. The van der Waals surface area contributed by atoms with Gasteiger partial charge in [0.25, 0.3) is 0 Å². The number of rotatable bonds is 3. The molecule has 0 fully saturated rings. The van der Waals surface area contributed by atoms with Gasteiger partial charge in [0.05, 0.1) is 0 Å². The first kappa shape index (κ1) is 10.0. The lowest BCUT2D eigenvalue weighted by Gasteiger charge is -2.11. The minimum Gasteiger partial charge on any atom is -0.303 e. The molecule has 0 bridgehead atoms. The average Bonchev–Trinajstić information content (AvgIpc) is 2.85. The number of aromatic amines is 1. The summed E-state index contributed by atoms with van der Waals surface area (Å²) in [5, 5.41) is 11.1. The van der Waals surface area contributed by atoms with Gasteiger partial charge < -0.3 is 4.57 Å². The van der Waals surface area contributed by atoms with Crippen molar-refractivity contribution in [2.75, 3.05) is 0 Å². The molecule has 0 saturated heterocycles. The maximum atomic E-state index is 5.12. The SMILES string of the molecule is CCn1c(C(C)n2cncn2)n[nH]c1=S. The second kappa shape index (κ2) is 3.93. The van der Waals surface area contributed by atoms with E-state index in [0.29, 0.717) is 4.77 Å². The van der Waals surface area contributed by atoms with Crippen molar-refractivity contribution in [2.24, 2.45) is 0 Å². The Bertz CT molecular complexity index is 481. The Morgan fingerprint density at radius 3 is 3.00 bits per heavy atom. The Morgan fingerprint density at radius 1 is 1.60 bits per heavy atom. The van der Waals surface area contributed by atoms with E-state index in [9.17, 15) is 0 Å². The lowest BCUT2D eigenvalue weighted by molar-refractivity contribution is 0.505. The number of nitrogens with one attached hydrogen (secondary N) is 1. The molecule has 0 radical (unpaired) electrons. The molecule has 1 atom stereocenters. The zero-order valence-corrected chi connectivity index (χ0v) is 9.40. The molecule has 7 heteroatoms. The van der Waals surface area contributed by atoms with Gasteiger partial charge in [-0.2, -0.15) is 10.2 Å². The summed E-state index contributed by atoms with van der Waals surface area (Å²) in [5.74, 6) is 0.869. The topological polar surface area (TPSA) is 64.3 Å². The smallest absolute Gasteiger partial charge is 0.195 e. The van der Waals surface area contributed by atoms with Crippen molar-refractivity contribution in [1.82, 2.24) is 29.5 Å².